The van der Waals surface area contributed by atoms with Crippen LogP contribution in [0.5, 0.6) is 0 Å². The highest BCUT2D eigenvalue weighted by molar-refractivity contribution is 5.92. The van der Waals surface area contributed by atoms with E-state index in [1.54, 1.807) is 12.1 Å². The Morgan fingerprint density at radius 3 is 3.00 bits per heavy atom. The number of carbonyl (C=O) groups is 1. The van der Waals surface area contributed by atoms with Gasteiger partial charge in [-0.3, -0.25) is 4.79 Å². The van der Waals surface area contributed by atoms with Gasteiger partial charge in [-0.1, -0.05) is 12.1 Å². The molecule has 1 amide bonds. The van der Waals surface area contributed by atoms with Crippen molar-refractivity contribution in [1.29, 1.82) is 0 Å². The minimum absolute atomic E-state index is 0.0849. The summed E-state index contributed by atoms with van der Waals surface area (Å²) in [7, 11) is 0. The van der Waals surface area contributed by atoms with Crippen LogP contribution in [0.15, 0.2) is 30.3 Å². The molecule has 19 heavy (non-hydrogen) atoms. The minimum atomic E-state index is -0.281. The number of nitrogen functional groups attached to an aromatic ring is 1. The number of rotatable bonds is 3. The molecule has 0 heterocycles. The van der Waals surface area contributed by atoms with Gasteiger partial charge in [-0.2, -0.15) is 0 Å². The van der Waals surface area contributed by atoms with Crippen molar-refractivity contribution in [3.8, 4) is 0 Å². The number of hydrogen-bond acceptors (Lipinski definition) is 3. The Labute approximate surface area is 113 Å². The number of nitrogens with two attached hydrogens (primary N) is 1. The predicted molar refractivity (Wildman–Crippen MR) is 76.3 cm³/mol. The summed E-state index contributed by atoms with van der Waals surface area (Å²) in [4.78, 5) is 11.8. The normalized spacial score (nSPS) is 23.4. The van der Waals surface area contributed by atoms with Crippen LogP contribution < -0.4 is 11.1 Å². The van der Waals surface area contributed by atoms with E-state index in [2.05, 4.69) is 5.32 Å². The summed E-state index contributed by atoms with van der Waals surface area (Å²) in [5.41, 5.74) is 7.25. The second-order valence-corrected chi connectivity index (χ2v) is 5.03. The van der Waals surface area contributed by atoms with Crippen LogP contribution in [0.4, 0.5) is 5.69 Å². The molecule has 4 nitrogen and oxygen atoms in total. The molecule has 0 aromatic heterocycles. The molecular weight excluding hydrogens is 240 g/mol. The second kappa shape index (κ2) is 6.38. The van der Waals surface area contributed by atoms with Crippen LogP contribution >= 0.6 is 0 Å². The minimum Gasteiger partial charge on any atom is -0.399 e. The molecule has 4 N–H and O–H groups in total. The van der Waals surface area contributed by atoms with Crippen molar-refractivity contribution in [2.24, 2.45) is 0 Å². The maximum atomic E-state index is 11.8. The smallest absolute Gasteiger partial charge is 0.244 e. The highest BCUT2D eigenvalue weighted by atomic mass is 16.3. The number of aliphatic hydroxyl groups excluding tert-OH is 1. The predicted octanol–water partition coefficient (Wildman–Crippen LogP) is 1.70. The van der Waals surface area contributed by atoms with E-state index < -0.39 is 0 Å². The summed E-state index contributed by atoms with van der Waals surface area (Å²) in [6, 6.07) is 7.45. The first-order chi connectivity index (χ1) is 9.13. The molecule has 2 atom stereocenters. The van der Waals surface area contributed by atoms with Crippen LogP contribution in [0.25, 0.3) is 6.08 Å². The highest BCUT2D eigenvalue weighted by Gasteiger charge is 2.20. The molecule has 1 aliphatic carbocycles. The lowest BCUT2D eigenvalue weighted by molar-refractivity contribution is -0.117. The molecule has 2 rings (SSSR count). The summed E-state index contributed by atoms with van der Waals surface area (Å²) < 4.78 is 0. The first-order valence-electron chi connectivity index (χ1n) is 6.65. The van der Waals surface area contributed by atoms with Crippen molar-refractivity contribution in [2.75, 3.05) is 5.73 Å². The molecule has 0 saturated heterocycles. The lowest BCUT2D eigenvalue weighted by Crippen LogP contribution is -2.38. The standard InChI is InChI=1S/C15H20N2O2/c16-12-4-1-3-11(9-12)7-8-15(19)17-13-5-2-6-14(18)10-13/h1,3-4,7-9,13-14,18H,2,5-6,10,16H2,(H,17,19)/b8-7+. The van der Waals surface area contributed by atoms with Gasteiger partial charge >= 0.3 is 0 Å². The molecule has 4 heteroatoms. The van der Waals surface area contributed by atoms with Crippen molar-refractivity contribution in [1.82, 2.24) is 5.32 Å². The van der Waals surface area contributed by atoms with Gasteiger partial charge in [-0.15, -0.1) is 0 Å². The fourth-order valence-electron chi connectivity index (χ4n) is 2.38. The second-order valence-electron chi connectivity index (χ2n) is 5.03. The Morgan fingerprint density at radius 1 is 1.42 bits per heavy atom. The molecule has 1 aliphatic rings. The molecular formula is C15H20N2O2. The summed E-state index contributed by atoms with van der Waals surface area (Å²) in [5, 5.41) is 12.5. The van der Waals surface area contributed by atoms with Gasteiger partial charge in [-0.05, 0) is 49.5 Å². The molecule has 1 fully saturated rings. The fourth-order valence-corrected chi connectivity index (χ4v) is 2.38. The summed E-state index contributed by atoms with van der Waals surface area (Å²) >= 11 is 0. The maximum absolute atomic E-state index is 11.8. The zero-order valence-electron chi connectivity index (χ0n) is 10.9. The topological polar surface area (TPSA) is 75.4 Å². The monoisotopic (exact) mass is 260 g/mol. The Hall–Kier alpha value is -1.81. The lowest BCUT2D eigenvalue weighted by Gasteiger charge is -2.26. The van der Waals surface area contributed by atoms with Crippen molar-refractivity contribution in [3.63, 3.8) is 0 Å². The zero-order valence-corrected chi connectivity index (χ0v) is 10.9. The van der Waals surface area contributed by atoms with Gasteiger partial charge < -0.3 is 16.2 Å². The SMILES string of the molecule is Nc1cccc(/C=C/C(=O)NC2CCCC(O)C2)c1. The van der Waals surface area contributed by atoms with Crippen LogP contribution in [-0.2, 0) is 4.79 Å². The molecule has 0 aliphatic heterocycles. The van der Waals surface area contributed by atoms with Gasteiger partial charge in [0.2, 0.25) is 5.91 Å². The van der Waals surface area contributed by atoms with E-state index in [4.69, 9.17) is 5.73 Å². The fraction of sp³-hybridized carbons (Fsp3) is 0.400. The molecule has 0 spiro atoms. The van der Waals surface area contributed by atoms with Crippen LogP contribution in [0.2, 0.25) is 0 Å². The molecule has 1 saturated carbocycles. The van der Waals surface area contributed by atoms with Crippen molar-refractivity contribution < 1.29 is 9.90 Å². The van der Waals surface area contributed by atoms with E-state index in [1.807, 2.05) is 18.2 Å². The van der Waals surface area contributed by atoms with Crippen LogP contribution in [0.3, 0.4) is 0 Å². The van der Waals surface area contributed by atoms with Crippen LogP contribution in [-0.4, -0.2) is 23.2 Å². The Morgan fingerprint density at radius 2 is 2.26 bits per heavy atom. The van der Waals surface area contributed by atoms with E-state index >= 15 is 0 Å². The molecule has 1 aromatic rings. The Balaban J connectivity index is 1.87. The van der Waals surface area contributed by atoms with Crippen LogP contribution in [0, 0.1) is 0 Å². The zero-order chi connectivity index (χ0) is 13.7. The number of amides is 1. The molecule has 2 unspecified atom stereocenters. The van der Waals surface area contributed by atoms with Gasteiger partial charge in [0.1, 0.15) is 0 Å². The first kappa shape index (κ1) is 13.6. The quantitative estimate of drug-likeness (QED) is 0.572. The summed E-state index contributed by atoms with van der Waals surface area (Å²) in [6.45, 7) is 0. The number of hydrogen-bond donors (Lipinski definition) is 3. The number of carbonyl (C=O) groups excluding carboxylic acids is 1. The van der Waals surface area contributed by atoms with Crippen molar-refractivity contribution in [3.05, 3.63) is 35.9 Å². The highest BCUT2D eigenvalue weighted by Crippen LogP contribution is 2.18. The van der Waals surface area contributed by atoms with E-state index in [0.717, 1.165) is 24.8 Å². The molecule has 1 aromatic carbocycles. The maximum Gasteiger partial charge on any atom is 0.244 e. The molecule has 0 radical (unpaired) electrons. The number of benzene rings is 1. The van der Waals surface area contributed by atoms with E-state index in [1.165, 1.54) is 6.08 Å². The Kier molecular flexibility index (Phi) is 4.58. The lowest BCUT2D eigenvalue weighted by atomic mass is 9.93. The van der Waals surface area contributed by atoms with Crippen molar-refractivity contribution in [2.45, 2.75) is 37.8 Å². The van der Waals surface area contributed by atoms with Gasteiger partial charge in [0.15, 0.2) is 0 Å². The largest absolute Gasteiger partial charge is 0.399 e. The molecule has 0 bridgehead atoms. The van der Waals surface area contributed by atoms with Gasteiger partial charge in [0.25, 0.3) is 0 Å². The average molecular weight is 260 g/mol. The Bertz CT molecular complexity index is 471. The average Bonchev–Trinajstić information content (AvgIpc) is 2.36. The van der Waals surface area contributed by atoms with Crippen molar-refractivity contribution >= 4 is 17.7 Å². The van der Waals surface area contributed by atoms with E-state index in [9.17, 15) is 9.90 Å². The van der Waals surface area contributed by atoms with Crippen LogP contribution in [0.1, 0.15) is 31.2 Å². The summed E-state index contributed by atoms with van der Waals surface area (Å²) in [6.07, 6.45) is 6.36. The molecule has 102 valence electrons. The third kappa shape index (κ3) is 4.41. The van der Waals surface area contributed by atoms with Gasteiger partial charge in [-0.25, -0.2) is 0 Å². The van der Waals surface area contributed by atoms with Gasteiger partial charge in [0.05, 0.1) is 6.10 Å². The number of nitrogens with one attached hydrogen (secondary N) is 1. The third-order valence-corrected chi connectivity index (χ3v) is 3.33. The van der Waals surface area contributed by atoms with E-state index in [0.29, 0.717) is 12.1 Å². The number of aliphatic hydroxyl groups is 1. The third-order valence-electron chi connectivity index (χ3n) is 3.33. The van der Waals surface area contributed by atoms with E-state index in [-0.39, 0.29) is 18.1 Å². The summed E-state index contributed by atoms with van der Waals surface area (Å²) in [5.74, 6) is -0.124. The first-order valence-corrected chi connectivity index (χ1v) is 6.65. The van der Waals surface area contributed by atoms with Gasteiger partial charge in [0, 0.05) is 17.8 Å². The number of anilines is 1.